The molecule has 174 valence electrons. The summed E-state index contributed by atoms with van der Waals surface area (Å²) in [5, 5.41) is 10.2. The number of nitrogens with zero attached hydrogens (tertiary/aromatic N) is 2. The average molecular weight is 445 g/mol. The van der Waals surface area contributed by atoms with Crippen molar-refractivity contribution in [3.8, 4) is 11.8 Å². The Morgan fingerprint density at radius 1 is 0.879 bits per heavy atom. The van der Waals surface area contributed by atoms with E-state index in [2.05, 4.69) is 45.9 Å². The molecule has 2 aromatic carbocycles. The van der Waals surface area contributed by atoms with Gasteiger partial charge in [0.1, 0.15) is 0 Å². The van der Waals surface area contributed by atoms with Crippen LogP contribution in [0.4, 0.5) is 0 Å². The summed E-state index contributed by atoms with van der Waals surface area (Å²) in [6.07, 6.45) is 4.86. The molecule has 0 saturated carbocycles. The maximum absolute atomic E-state index is 10.2. The maximum Gasteiger partial charge on any atom is 0.0593 e. The molecule has 3 aliphatic rings. The zero-order valence-electron chi connectivity index (χ0n) is 19.5. The lowest BCUT2D eigenvalue weighted by Gasteiger charge is -2.57. The molecule has 0 amide bonds. The Hall–Kier alpha value is -2.16. The SMILES string of the molecule is OC[C@H]1[C@H](c2ccc(C#Cc3ccccc3)cc2)[C@@H]2CN(CC3CCOCC3)CCCCN12. The van der Waals surface area contributed by atoms with Crippen LogP contribution in [0.25, 0.3) is 0 Å². The molecular formula is C29H36N2O2. The molecule has 3 fully saturated rings. The highest BCUT2D eigenvalue weighted by Crippen LogP contribution is 2.42. The number of aliphatic hydroxyl groups is 1. The van der Waals surface area contributed by atoms with Gasteiger partial charge in [0.15, 0.2) is 0 Å². The molecule has 1 N–H and O–H groups in total. The van der Waals surface area contributed by atoms with Crippen LogP contribution in [0.2, 0.25) is 0 Å². The summed E-state index contributed by atoms with van der Waals surface area (Å²) < 4.78 is 5.57. The van der Waals surface area contributed by atoms with Gasteiger partial charge in [0.05, 0.1) is 6.61 Å². The van der Waals surface area contributed by atoms with Crippen molar-refractivity contribution in [3.63, 3.8) is 0 Å². The Labute approximate surface area is 198 Å². The van der Waals surface area contributed by atoms with Crippen LogP contribution in [0.1, 0.15) is 48.3 Å². The summed E-state index contributed by atoms with van der Waals surface area (Å²) in [6.45, 7) is 6.68. The quantitative estimate of drug-likeness (QED) is 0.729. The fourth-order valence-corrected chi connectivity index (χ4v) is 5.93. The van der Waals surface area contributed by atoms with Crippen LogP contribution in [-0.2, 0) is 4.74 Å². The van der Waals surface area contributed by atoms with E-state index in [0.717, 1.165) is 43.3 Å². The first-order valence-corrected chi connectivity index (χ1v) is 12.7. The fraction of sp³-hybridized carbons (Fsp3) is 0.517. The Kier molecular flexibility index (Phi) is 7.43. The van der Waals surface area contributed by atoms with E-state index in [0.29, 0.717) is 12.0 Å². The van der Waals surface area contributed by atoms with E-state index in [1.807, 2.05) is 30.3 Å². The van der Waals surface area contributed by atoms with Crippen molar-refractivity contribution in [1.82, 2.24) is 9.80 Å². The molecule has 4 nitrogen and oxygen atoms in total. The lowest BCUT2D eigenvalue weighted by atomic mass is 9.74. The zero-order chi connectivity index (χ0) is 22.5. The van der Waals surface area contributed by atoms with Crippen LogP contribution < -0.4 is 0 Å². The minimum absolute atomic E-state index is 0.233. The van der Waals surface area contributed by atoms with Crippen molar-refractivity contribution in [2.45, 2.75) is 43.7 Å². The highest BCUT2D eigenvalue weighted by Gasteiger charge is 2.49. The van der Waals surface area contributed by atoms with E-state index >= 15 is 0 Å². The Bertz CT molecular complexity index is 943. The lowest BCUT2D eigenvalue weighted by Crippen LogP contribution is -2.67. The van der Waals surface area contributed by atoms with Crippen molar-refractivity contribution >= 4 is 0 Å². The predicted octanol–water partition coefficient (Wildman–Crippen LogP) is 3.74. The Morgan fingerprint density at radius 3 is 2.30 bits per heavy atom. The second-order valence-corrected chi connectivity index (χ2v) is 9.84. The molecule has 0 spiro atoms. The molecule has 33 heavy (non-hydrogen) atoms. The van der Waals surface area contributed by atoms with Gasteiger partial charge >= 0.3 is 0 Å². The minimum Gasteiger partial charge on any atom is -0.395 e. The number of benzene rings is 2. The monoisotopic (exact) mass is 444 g/mol. The van der Waals surface area contributed by atoms with Gasteiger partial charge in [-0.25, -0.2) is 0 Å². The first-order chi connectivity index (χ1) is 16.3. The van der Waals surface area contributed by atoms with Gasteiger partial charge in [-0.2, -0.15) is 0 Å². The summed E-state index contributed by atoms with van der Waals surface area (Å²) in [4.78, 5) is 5.27. The van der Waals surface area contributed by atoms with Crippen molar-refractivity contribution in [2.24, 2.45) is 5.92 Å². The van der Waals surface area contributed by atoms with E-state index in [9.17, 15) is 5.11 Å². The van der Waals surface area contributed by atoms with Gasteiger partial charge in [-0.3, -0.25) is 4.90 Å². The summed E-state index contributed by atoms with van der Waals surface area (Å²) in [6, 6.07) is 19.6. The maximum atomic E-state index is 10.2. The van der Waals surface area contributed by atoms with E-state index < -0.39 is 0 Å². The van der Waals surface area contributed by atoms with Crippen LogP contribution in [0, 0.1) is 17.8 Å². The number of hydrogen-bond acceptors (Lipinski definition) is 4. The number of aliphatic hydroxyl groups excluding tert-OH is 1. The number of ether oxygens (including phenoxy) is 1. The van der Waals surface area contributed by atoms with E-state index in [-0.39, 0.29) is 12.6 Å². The van der Waals surface area contributed by atoms with Crippen LogP contribution >= 0.6 is 0 Å². The minimum atomic E-state index is 0.233. The third kappa shape index (κ3) is 5.34. The van der Waals surface area contributed by atoms with Crippen LogP contribution in [0.3, 0.4) is 0 Å². The lowest BCUT2D eigenvalue weighted by molar-refractivity contribution is -0.0677. The van der Waals surface area contributed by atoms with Gasteiger partial charge in [0.2, 0.25) is 0 Å². The molecule has 0 unspecified atom stereocenters. The number of fused-ring (bicyclic) bond motifs is 1. The van der Waals surface area contributed by atoms with Crippen LogP contribution in [-0.4, -0.2) is 73.0 Å². The predicted molar refractivity (Wildman–Crippen MR) is 132 cm³/mol. The smallest absolute Gasteiger partial charge is 0.0593 e. The first kappa shape index (κ1) is 22.6. The fourth-order valence-electron chi connectivity index (χ4n) is 5.93. The molecule has 2 aromatic rings. The van der Waals surface area contributed by atoms with Gasteiger partial charge in [0, 0.05) is 55.4 Å². The van der Waals surface area contributed by atoms with Gasteiger partial charge in [-0.15, -0.1) is 0 Å². The van der Waals surface area contributed by atoms with Crippen molar-refractivity contribution in [3.05, 3.63) is 71.3 Å². The van der Waals surface area contributed by atoms with E-state index in [1.54, 1.807) is 0 Å². The van der Waals surface area contributed by atoms with Crippen molar-refractivity contribution in [1.29, 1.82) is 0 Å². The molecule has 3 saturated heterocycles. The summed E-state index contributed by atoms with van der Waals surface area (Å²) in [7, 11) is 0. The molecule has 0 aromatic heterocycles. The summed E-state index contributed by atoms with van der Waals surface area (Å²) >= 11 is 0. The second-order valence-electron chi connectivity index (χ2n) is 9.84. The van der Waals surface area contributed by atoms with Crippen molar-refractivity contribution < 1.29 is 9.84 Å². The molecule has 0 aliphatic carbocycles. The molecule has 0 bridgehead atoms. The third-order valence-corrected chi connectivity index (χ3v) is 7.73. The Morgan fingerprint density at radius 2 is 1.58 bits per heavy atom. The zero-order valence-corrected chi connectivity index (χ0v) is 19.5. The standard InChI is InChI=1S/C29H36N2O2/c32-22-28-29(26-12-10-24(11-13-26)9-8-23-6-2-1-3-7-23)27-21-30(16-4-5-17-31(27)28)20-25-14-18-33-19-15-25/h1-3,6-7,10-13,25,27-29,32H,4-5,14-22H2/t27-,28-,29+/m0/s1. The van der Waals surface area contributed by atoms with Crippen molar-refractivity contribution in [2.75, 3.05) is 46.0 Å². The van der Waals surface area contributed by atoms with E-state index in [1.165, 1.54) is 44.3 Å². The normalized spacial score (nSPS) is 26.9. The molecule has 3 atom stereocenters. The van der Waals surface area contributed by atoms with Gasteiger partial charge in [-0.1, -0.05) is 42.2 Å². The largest absolute Gasteiger partial charge is 0.395 e. The van der Waals surface area contributed by atoms with Crippen LogP contribution in [0.15, 0.2) is 54.6 Å². The topological polar surface area (TPSA) is 35.9 Å². The average Bonchev–Trinajstić information content (AvgIpc) is 2.85. The van der Waals surface area contributed by atoms with Gasteiger partial charge < -0.3 is 14.7 Å². The number of hydrogen-bond donors (Lipinski definition) is 1. The molecule has 3 aliphatic heterocycles. The second kappa shape index (κ2) is 10.8. The molecule has 3 heterocycles. The Balaban J connectivity index is 1.29. The highest BCUT2D eigenvalue weighted by atomic mass is 16.5. The van der Waals surface area contributed by atoms with Gasteiger partial charge in [-0.05, 0) is 74.5 Å². The molecular weight excluding hydrogens is 408 g/mol. The molecule has 4 heteroatoms. The van der Waals surface area contributed by atoms with E-state index in [4.69, 9.17) is 4.74 Å². The number of rotatable bonds is 4. The first-order valence-electron chi connectivity index (χ1n) is 12.7. The van der Waals surface area contributed by atoms with Crippen LogP contribution in [0.5, 0.6) is 0 Å². The highest BCUT2D eigenvalue weighted by molar-refractivity contribution is 5.44. The summed E-state index contributed by atoms with van der Waals surface area (Å²) in [5.41, 5.74) is 3.42. The summed E-state index contributed by atoms with van der Waals surface area (Å²) in [5.74, 6) is 7.69. The third-order valence-electron chi connectivity index (χ3n) is 7.73. The van der Waals surface area contributed by atoms with Gasteiger partial charge in [0.25, 0.3) is 0 Å². The molecule has 5 rings (SSSR count). The molecule has 0 radical (unpaired) electrons.